The van der Waals surface area contributed by atoms with E-state index in [1.807, 2.05) is 0 Å². The van der Waals surface area contributed by atoms with E-state index >= 15 is 0 Å². The molecule has 0 spiro atoms. The van der Waals surface area contributed by atoms with E-state index in [9.17, 15) is 0 Å². The summed E-state index contributed by atoms with van der Waals surface area (Å²) in [6.07, 6.45) is 2.41. The van der Waals surface area contributed by atoms with Gasteiger partial charge in [0.15, 0.2) is 0 Å². The van der Waals surface area contributed by atoms with Gasteiger partial charge in [-0.15, -0.1) is 0 Å². The lowest BCUT2D eigenvalue weighted by molar-refractivity contribution is 0.0670. The molecule has 1 heterocycles. The number of ether oxygens (including phenoxy) is 1. The fourth-order valence-corrected chi connectivity index (χ4v) is 2.39. The predicted octanol–water partition coefficient (Wildman–Crippen LogP) is 2.82. The van der Waals surface area contributed by atoms with Crippen molar-refractivity contribution in [2.45, 2.75) is 38.8 Å². The Balaban J connectivity index is 1.96. The molecule has 0 aliphatic carbocycles. The molecule has 2 nitrogen and oxygen atoms in total. The summed E-state index contributed by atoms with van der Waals surface area (Å²) >= 11 is 0. The van der Waals surface area contributed by atoms with Gasteiger partial charge in [-0.1, -0.05) is 24.3 Å². The molecule has 0 radical (unpaired) electrons. The number of benzene rings is 1. The lowest BCUT2D eigenvalue weighted by Crippen LogP contribution is -2.38. The van der Waals surface area contributed by atoms with Crippen molar-refractivity contribution in [2.24, 2.45) is 0 Å². The molecule has 0 bridgehead atoms. The zero-order valence-corrected chi connectivity index (χ0v) is 10.2. The SMILES string of the molecule is Cc1ccccc1[C@H](C)NC1CCCOC1. The van der Waals surface area contributed by atoms with Crippen molar-refractivity contribution in [3.63, 3.8) is 0 Å². The highest BCUT2D eigenvalue weighted by Crippen LogP contribution is 2.18. The third-order valence-corrected chi connectivity index (χ3v) is 3.30. The van der Waals surface area contributed by atoms with Crippen LogP contribution in [0.1, 0.15) is 36.9 Å². The smallest absolute Gasteiger partial charge is 0.0619 e. The standard InChI is InChI=1S/C14H21NO/c1-11-6-3-4-8-14(11)12(2)15-13-7-5-9-16-10-13/h3-4,6,8,12-13,15H,5,7,9-10H2,1-2H3/t12-,13?/m0/s1. The lowest BCUT2D eigenvalue weighted by atomic mass is 10.0. The summed E-state index contributed by atoms with van der Waals surface area (Å²) in [5.41, 5.74) is 2.76. The molecule has 1 aromatic rings. The summed E-state index contributed by atoms with van der Waals surface area (Å²) in [4.78, 5) is 0. The highest BCUT2D eigenvalue weighted by atomic mass is 16.5. The molecule has 1 unspecified atom stereocenters. The van der Waals surface area contributed by atoms with E-state index < -0.39 is 0 Å². The van der Waals surface area contributed by atoms with Crippen LogP contribution < -0.4 is 5.32 Å². The zero-order chi connectivity index (χ0) is 11.4. The first-order chi connectivity index (χ1) is 7.77. The molecule has 0 aromatic heterocycles. The molecule has 1 fully saturated rings. The van der Waals surface area contributed by atoms with Crippen LogP contribution in [0.15, 0.2) is 24.3 Å². The van der Waals surface area contributed by atoms with Gasteiger partial charge in [-0.2, -0.15) is 0 Å². The summed E-state index contributed by atoms with van der Waals surface area (Å²) in [5.74, 6) is 0. The zero-order valence-electron chi connectivity index (χ0n) is 10.2. The van der Waals surface area contributed by atoms with Gasteiger partial charge in [0.2, 0.25) is 0 Å². The summed E-state index contributed by atoms with van der Waals surface area (Å²) in [7, 11) is 0. The van der Waals surface area contributed by atoms with Gasteiger partial charge >= 0.3 is 0 Å². The van der Waals surface area contributed by atoms with Crippen LogP contribution in [0.3, 0.4) is 0 Å². The molecule has 1 N–H and O–H groups in total. The maximum absolute atomic E-state index is 5.49. The minimum atomic E-state index is 0.410. The fourth-order valence-electron chi connectivity index (χ4n) is 2.39. The van der Waals surface area contributed by atoms with Gasteiger partial charge in [0.1, 0.15) is 0 Å². The molecule has 16 heavy (non-hydrogen) atoms. The largest absolute Gasteiger partial charge is 0.380 e. The summed E-state index contributed by atoms with van der Waals surface area (Å²) in [5, 5.41) is 3.65. The molecular formula is C14H21NO. The average molecular weight is 219 g/mol. The quantitative estimate of drug-likeness (QED) is 0.844. The molecule has 88 valence electrons. The Morgan fingerprint density at radius 3 is 2.88 bits per heavy atom. The van der Waals surface area contributed by atoms with Gasteiger partial charge < -0.3 is 10.1 Å². The molecule has 2 atom stereocenters. The van der Waals surface area contributed by atoms with Crippen LogP contribution in [0, 0.1) is 6.92 Å². The molecule has 2 rings (SSSR count). The van der Waals surface area contributed by atoms with Crippen molar-refractivity contribution in [2.75, 3.05) is 13.2 Å². The van der Waals surface area contributed by atoms with E-state index in [2.05, 4.69) is 43.4 Å². The Hall–Kier alpha value is -0.860. The molecule has 1 saturated heterocycles. The Kier molecular flexibility index (Phi) is 3.97. The number of hydrogen-bond acceptors (Lipinski definition) is 2. The normalized spacial score (nSPS) is 23.0. The second-order valence-corrected chi connectivity index (χ2v) is 4.66. The first-order valence-corrected chi connectivity index (χ1v) is 6.16. The number of hydrogen-bond donors (Lipinski definition) is 1. The summed E-state index contributed by atoms with van der Waals surface area (Å²) in [6.45, 7) is 6.19. The van der Waals surface area contributed by atoms with Crippen LogP contribution in [0.4, 0.5) is 0 Å². The van der Waals surface area contributed by atoms with Crippen molar-refractivity contribution in [3.8, 4) is 0 Å². The van der Waals surface area contributed by atoms with Crippen LogP contribution in [0.2, 0.25) is 0 Å². The minimum Gasteiger partial charge on any atom is -0.380 e. The van der Waals surface area contributed by atoms with Gasteiger partial charge in [-0.3, -0.25) is 0 Å². The van der Waals surface area contributed by atoms with Gasteiger partial charge in [-0.05, 0) is 37.8 Å². The Morgan fingerprint density at radius 1 is 1.38 bits per heavy atom. The number of aryl methyl sites for hydroxylation is 1. The van der Waals surface area contributed by atoms with Crippen LogP contribution in [-0.2, 0) is 4.74 Å². The van der Waals surface area contributed by atoms with Gasteiger partial charge in [0.05, 0.1) is 6.61 Å². The van der Waals surface area contributed by atoms with E-state index in [0.717, 1.165) is 13.2 Å². The third-order valence-electron chi connectivity index (χ3n) is 3.30. The molecule has 0 amide bonds. The first kappa shape index (κ1) is 11.6. The van der Waals surface area contributed by atoms with Gasteiger partial charge in [0, 0.05) is 18.7 Å². The molecule has 1 aliphatic rings. The molecular weight excluding hydrogens is 198 g/mol. The molecule has 1 aliphatic heterocycles. The van der Waals surface area contributed by atoms with E-state index in [0.29, 0.717) is 12.1 Å². The summed E-state index contributed by atoms with van der Waals surface area (Å²) < 4.78 is 5.49. The highest BCUT2D eigenvalue weighted by Gasteiger charge is 2.17. The number of rotatable bonds is 3. The molecule has 1 aromatic carbocycles. The van der Waals surface area contributed by atoms with Crippen molar-refractivity contribution in [1.29, 1.82) is 0 Å². The average Bonchev–Trinajstić information content (AvgIpc) is 2.31. The Labute approximate surface area is 98.0 Å². The summed E-state index contributed by atoms with van der Waals surface area (Å²) in [6, 6.07) is 9.51. The Morgan fingerprint density at radius 2 is 2.19 bits per heavy atom. The number of nitrogens with one attached hydrogen (secondary N) is 1. The van der Waals surface area contributed by atoms with Gasteiger partial charge in [0.25, 0.3) is 0 Å². The second-order valence-electron chi connectivity index (χ2n) is 4.66. The highest BCUT2D eigenvalue weighted by molar-refractivity contribution is 5.28. The molecule has 2 heteroatoms. The minimum absolute atomic E-state index is 0.410. The fraction of sp³-hybridized carbons (Fsp3) is 0.571. The van der Waals surface area contributed by atoms with Crippen molar-refractivity contribution in [1.82, 2.24) is 5.32 Å². The first-order valence-electron chi connectivity index (χ1n) is 6.16. The van der Waals surface area contributed by atoms with Gasteiger partial charge in [-0.25, -0.2) is 0 Å². The van der Waals surface area contributed by atoms with E-state index in [1.165, 1.54) is 24.0 Å². The van der Waals surface area contributed by atoms with Crippen LogP contribution in [-0.4, -0.2) is 19.3 Å². The van der Waals surface area contributed by atoms with E-state index in [4.69, 9.17) is 4.74 Å². The van der Waals surface area contributed by atoms with E-state index in [-0.39, 0.29) is 0 Å². The van der Waals surface area contributed by atoms with Crippen molar-refractivity contribution < 1.29 is 4.74 Å². The van der Waals surface area contributed by atoms with Crippen molar-refractivity contribution >= 4 is 0 Å². The predicted molar refractivity (Wildman–Crippen MR) is 66.6 cm³/mol. The third kappa shape index (κ3) is 2.83. The van der Waals surface area contributed by atoms with Crippen LogP contribution in [0.25, 0.3) is 0 Å². The topological polar surface area (TPSA) is 21.3 Å². The molecule has 0 saturated carbocycles. The van der Waals surface area contributed by atoms with Crippen molar-refractivity contribution in [3.05, 3.63) is 35.4 Å². The monoisotopic (exact) mass is 219 g/mol. The van der Waals surface area contributed by atoms with E-state index in [1.54, 1.807) is 0 Å². The van der Waals surface area contributed by atoms with Crippen LogP contribution in [0.5, 0.6) is 0 Å². The lowest BCUT2D eigenvalue weighted by Gasteiger charge is -2.27. The second kappa shape index (κ2) is 5.46. The maximum atomic E-state index is 5.49. The Bertz CT molecular complexity index is 331. The van der Waals surface area contributed by atoms with Crippen LogP contribution >= 0.6 is 0 Å². The maximum Gasteiger partial charge on any atom is 0.0619 e.